The highest BCUT2D eigenvalue weighted by atomic mass is 28.4. The van der Waals surface area contributed by atoms with Crippen LogP contribution >= 0.6 is 0 Å². The molecule has 0 spiro atoms. The molecule has 1 N–H and O–H groups in total. The molecule has 0 amide bonds. The standard InChI is InChI=1S/C13H35N3Si2/c1-9-15(10-2)13(16(11-3)12-4)18(7,8)14-17(5)6/h13-14,17H,9-12H2,1-8H3. The monoisotopic (exact) mass is 289 g/mol. The van der Waals surface area contributed by atoms with Gasteiger partial charge in [0.2, 0.25) is 0 Å². The van der Waals surface area contributed by atoms with Crippen molar-refractivity contribution < 1.29 is 0 Å². The van der Waals surface area contributed by atoms with E-state index >= 15 is 0 Å². The molecule has 0 aromatic heterocycles. The maximum Gasteiger partial charge on any atom is 0.147 e. The van der Waals surface area contributed by atoms with E-state index < -0.39 is 17.2 Å². The number of nitrogens with zero attached hydrogens (tertiary/aromatic N) is 2. The molecular formula is C13H35N3Si2. The quantitative estimate of drug-likeness (QED) is 0.519. The van der Waals surface area contributed by atoms with Crippen LogP contribution in [0.2, 0.25) is 26.2 Å². The smallest absolute Gasteiger partial charge is 0.147 e. The molecule has 0 rings (SSSR count). The van der Waals surface area contributed by atoms with Crippen LogP contribution < -0.4 is 4.65 Å². The van der Waals surface area contributed by atoms with Gasteiger partial charge in [-0.3, -0.25) is 9.80 Å². The third kappa shape index (κ3) is 5.13. The second kappa shape index (κ2) is 8.48. The largest absolute Gasteiger partial charge is 0.360 e. The Morgan fingerprint density at radius 3 is 1.44 bits per heavy atom. The molecule has 0 aromatic rings. The summed E-state index contributed by atoms with van der Waals surface area (Å²) in [7, 11) is -2.16. The van der Waals surface area contributed by atoms with E-state index in [1.165, 1.54) is 0 Å². The van der Waals surface area contributed by atoms with Gasteiger partial charge < -0.3 is 4.65 Å². The van der Waals surface area contributed by atoms with Gasteiger partial charge in [-0.25, -0.2) is 0 Å². The summed E-state index contributed by atoms with van der Waals surface area (Å²) < 4.78 is 4.01. The minimum absolute atomic E-state index is 0.623. The van der Waals surface area contributed by atoms with E-state index in [1.54, 1.807) is 0 Å². The summed E-state index contributed by atoms with van der Waals surface area (Å²) in [4.78, 5) is 5.28. The van der Waals surface area contributed by atoms with Gasteiger partial charge in [-0.15, -0.1) is 0 Å². The maximum atomic E-state index is 4.01. The first kappa shape index (κ1) is 18.3. The molecule has 5 heteroatoms. The fourth-order valence-electron chi connectivity index (χ4n) is 3.10. The number of nitrogens with one attached hydrogen (secondary N) is 1. The second-order valence-electron chi connectivity index (χ2n) is 5.84. The van der Waals surface area contributed by atoms with Gasteiger partial charge in [0.05, 0.1) is 14.7 Å². The van der Waals surface area contributed by atoms with Gasteiger partial charge in [0.1, 0.15) is 8.24 Å². The molecule has 0 radical (unpaired) electrons. The Bertz CT molecular complexity index is 202. The van der Waals surface area contributed by atoms with Gasteiger partial charge in [-0.1, -0.05) is 53.9 Å². The highest BCUT2D eigenvalue weighted by molar-refractivity contribution is 6.84. The first-order valence-electron chi connectivity index (χ1n) is 7.59. The Morgan fingerprint density at radius 1 is 0.889 bits per heavy atom. The van der Waals surface area contributed by atoms with Crippen LogP contribution in [-0.2, 0) is 0 Å². The zero-order valence-corrected chi connectivity index (χ0v) is 16.0. The molecule has 0 heterocycles. The van der Waals surface area contributed by atoms with Crippen molar-refractivity contribution in [2.24, 2.45) is 0 Å². The normalized spacial score (nSPS) is 13.3. The molecule has 0 atom stereocenters. The molecule has 0 saturated heterocycles. The molecule has 0 aromatic carbocycles. The fraction of sp³-hybridized carbons (Fsp3) is 1.00. The van der Waals surface area contributed by atoms with E-state index in [2.05, 4.69) is 68.3 Å². The van der Waals surface area contributed by atoms with Crippen molar-refractivity contribution in [3.05, 3.63) is 0 Å². The number of rotatable bonds is 9. The lowest BCUT2D eigenvalue weighted by Crippen LogP contribution is -2.70. The molecule has 0 aliphatic rings. The zero-order valence-electron chi connectivity index (χ0n) is 13.9. The molecule has 0 aliphatic heterocycles. The average Bonchev–Trinajstić information content (AvgIpc) is 2.28. The SMILES string of the molecule is CCN(CC)C(N(CC)CC)[Si](C)(C)N[SiH](C)C. The summed E-state index contributed by atoms with van der Waals surface area (Å²) in [6, 6.07) is 0. The zero-order chi connectivity index (χ0) is 14.3. The molecule has 0 unspecified atom stereocenters. The lowest BCUT2D eigenvalue weighted by Gasteiger charge is -2.47. The van der Waals surface area contributed by atoms with Gasteiger partial charge >= 0.3 is 0 Å². The molecule has 110 valence electrons. The molecule has 3 nitrogen and oxygen atoms in total. The van der Waals surface area contributed by atoms with Crippen LogP contribution in [0.4, 0.5) is 0 Å². The first-order chi connectivity index (χ1) is 8.33. The summed E-state index contributed by atoms with van der Waals surface area (Å²) in [5.41, 5.74) is 0. The summed E-state index contributed by atoms with van der Waals surface area (Å²) in [5.74, 6) is 0.623. The van der Waals surface area contributed by atoms with Crippen molar-refractivity contribution in [1.29, 1.82) is 0 Å². The van der Waals surface area contributed by atoms with Crippen LogP contribution in [0.25, 0.3) is 0 Å². The molecule has 0 aliphatic carbocycles. The van der Waals surface area contributed by atoms with E-state index in [1.807, 2.05) is 0 Å². The average molecular weight is 290 g/mol. The lowest BCUT2D eigenvalue weighted by atomic mass is 10.5. The molecule has 0 bridgehead atoms. The van der Waals surface area contributed by atoms with Gasteiger partial charge in [0.15, 0.2) is 0 Å². The number of hydrogen-bond acceptors (Lipinski definition) is 3. The molecule has 0 fully saturated rings. The summed E-state index contributed by atoms with van der Waals surface area (Å²) in [6.07, 6.45) is 0. The van der Waals surface area contributed by atoms with E-state index in [9.17, 15) is 0 Å². The van der Waals surface area contributed by atoms with E-state index in [4.69, 9.17) is 0 Å². The van der Waals surface area contributed by atoms with Crippen LogP contribution in [0, 0.1) is 0 Å². The van der Waals surface area contributed by atoms with Crippen LogP contribution in [0.15, 0.2) is 0 Å². The predicted octanol–water partition coefficient (Wildman–Crippen LogP) is 2.31. The van der Waals surface area contributed by atoms with E-state index in [-0.39, 0.29) is 0 Å². The highest BCUT2D eigenvalue weighted by Crippen LogP contribution is 2.17. The Hall–Kier alpha value is 0.314. The van der Waals surface area contributed by atoms with Crippen LogP contribution in [-0.4, -0.2) is 59.0 Å². The van der Waals surface area contributed by atoms with Crippen LogP contribution in [0.5, 0.6) is 0 Å². The Balaban J connectivity index is 5.16. The van der Waals surface area contributed by atoms with Gasteiger partial charge in [-0.2, -0.15) is 0 Å². The van der Waals surface area contributed by atoms with Gasteiger partial charge in [0.25, 0.3) is 0 Å². The minimum Gasteiger partial charge on any atom is -0.360 e. The molecule has 0 saturated carbocycles. The van der Waals surface area contributed by atoms with E-state index in [0.717, 1.165) is 26.2 Å². The van der Waals surface area contributed by atoms with Crippen LogP contribution in [0.1, 0.15) is 27.7 Å². The summed E-state index contributed by atoms with van der Waals surface area (Å²) in [5, 5.41) is 0. The Morgan fingerprint density at radius 2 is 1.22 bits per heavy atom. The van der Waals surface area contributed by atoms with Crippen LogP contribution in [0.3, 0.4) is 0 Å². The fourth-order valence-corrected chi connectivity index (χ4v) is 12.2. The topological polar surface area (TPSA) is 18.5 Å². The maximum absolute atomic E-state index is 4.01. The van der Waals surface area contributed by atoms with Gasteiger partial charge in [-0.05, 0) is 26.2 Å². The Labute approximate surface area is 118 Å². The minimum atomic E-state index is -1.44. The molecular weight excluding hydrogens is 254 g/mol. The number of hydrogen-bond donors (Lipinski definition) is 1. The van der Waals surface area contributed by atoms with Crippen molar-refractivity contribution in [3.8, 4) is 0 Å². The van der Waals surface area contributed by atoms with E-state index in [0.29, 0.717) is 5.79 Å². The summed E-state index contributed by atoms with van der Waals surface area (Å²) >= 11 is 0. The van der Waals surface area contributed by atoms with Crippen molar-refractivity contribution in [2.75, 3.05) is 26.2 Å². The Kier molecular flexibility index (Phi) is 8.63. The van der Waals surface area contributed by atoms with Crippen molar-refractivity contribution in [2.45, 2.75) is 59.7 Å². The van der Waals surface area contributed by atoms with Gasteiger partial charge in [0, 0.05) is 0 Å². The molecule has 18 heavy (non-hydrogen) atoms. The first-order valence-corrected chi connectivity index (χ1v) is 13.6. The van der Waals surface area contributed by atoms with Crippen molar-refractivity contribution >= 4 is 17.2 Å². The third-order valence-electron chi connectivity index (χ3n) is 3.62. The lowest BCUT2D eigenvalue weighted by molar-refractivity contribution is 0.108. The second-order valence-corrected chi connectivity index (χ2v) is 13.3. The predicted molar refractivity (Wildman–Crippen MR) is 89.1 cm³/mol. The van der Waals surface area contributed by atoms with Crippen molar-refractivity contribution in [3.63, 3.8) is 0 Å². The third-order valence-corrected chi connectivity index (χ3v) is 10.9. The van der Waals surface area contributed by atoms with Crippen molar-refractivity contribution in [1.82, 2.24) is 14.4 Å². The summed E-state index contributed by atoms with van der Waals surface area (Å²) in [6.45, 7) is 23.5. The highest BCUT2D eigenvalue weighted by Gasteiger charge is 2.38.